The lowest BCUT2D eigenvalue weighted by atomic mass is 9.72. The lowest BCUT2D eigenvalue weighted by molar-refractivity contribution is -0.384. The van der Waals surface area contributed by atoms with Crippen LogP contribution in [0.1, 0.15) is 56.0 Å². The number of nitrogens with one attached hydrogen (secondary N) is 3. The molecule has 19 heteroatoms. The molecular weight excluding hydrogens is 898 g/mol. The van der Waals surface area contributed by atoms with Crippen molar-refractivity contribution in [2.75, 3.05) is 82.8 Å². The van der Waals surface area contributed by atoms with Crippen molar-refractivity contribution in [2.45, 2.75) is 51.0 Å². The SMILES string of the molecule is CCN(C)C(=O)N1CCOC(CNc2ccc(S(=O)(=O)NC(=O)c3ccc(N4CCN(CC5=C(c6ccc(Cl)cc6)CC(C)(C)CC5)CC4)cc3Oc3cccc4[nH]cnc34)cc2[N+](=O)[O-])C1. The fourth-order valence-corrected chi connectivity index (χ4v) is 9.96. The number of hydrogen-bond donors (Lipinski definition) is 3. The van der Waals surface area contributed by atoms with Crippen molar-refractivity contribution in [1.82, 2.24) is 29.4 Å². The van der Waals surface area contributed by atoms with E-state index in [0.717, 1.165) is 55.7 Å². The minimum absolute atomic E-state index is 0.0467. The monoisotopic (exact) mass is 953 g/mol. The van der Waals surface area contributed by atoms with Crippen molar-refractivity contribution in [1.29, 1.82) is 0 Å². The number of nitro benzene ring substituents is 1. The number of nitro groups is 1. The third-order valence-electron chi connectivity index (χ3n) is 12.8. The Labute approximate surface area is 395 Å². The zero-order chi connectivity index (χ0) is 47.5. The van der Waals surface area contributed by atoms with E-state index in [4.69, 9.17) is 21.1 Å². The number of carbonyl (C=O) groups excluding carboxylic acids is 2. The third kappa shape index (κ3) is 11.0. The number of piperazine rings is 1. The summed E-state index contributed by atoms with van der Waals surface area (Å²) < 4.78 is 42.0. The van der Waals surface area contributed by atoms with Crippen LogP contribution in [0.4, 0.5) is 21.9 Å². The van der Waals surface area contributed by atoms with Gasteiger partial charge < -0.3 is 34.5 Å². The van der Waals surface area contributed by atoms with Gasteiger partial charge in [-0.15, -0.1) is 0 Å². The van der Waals surface area contributed by atoms with Crippen LogP contribution in [0.2, 0.25) is 5.02 Å². The van der Waals surface area contributed by atoms with E-state index >= 15 is 0 Å². The summed E-state index contributed by atoms with van der Waals surface area (Å²) in [4.78, 5) is 53.2. The summed E-state index contributed by atoms with van der Waals surface area (Å²) in [5.41, 5.74) is 5.75. The van der Waals surface area contributed by atoms with Crippen molar-refractivity contribution < 1.29 is 32.4 Å². The first kappa shape index (κ1) is 47.3. The minimum Gasteiger partial charge on any atom is -0.454 e. The number of anilines is 2. The number of halogens is 1. The molecule has 5 aromatic rings. The topological polar surface area (TPSA) is 196 Å². The molecule has 3 heterocycles. The Morgan fingerprint density at radius 2 is 1.81 bits per heavy atom. The maximum atomic E-state index is 14.0. The largest absolute Gasteiger partial charge is 0.454 e. The van der Waals surface area contributed by atoms with Gasteiger partial charge in [0.25, 0.3) is 21.6 Å². The first-order valence-corrected chi connectivity index (χ1v) is 24.3. The van der Waals surface area contributed by atoms with Gasteiger partial charge in [-0.05, 0) is 91.3 Å². The minimum atomic E-state index is -4.64. The van der Waals surface area contributed by atoms with Crippen LogP contribution >= 0.6 is 11.6 Å². The van der Waals surface area contributed by atoms with Gasteiger partial charge in [-0.25, -0.2) is 22.9 Å². The molecule has 1 aliphatic carbocycles. The number of sulfonamides is 1. The van der Waals surface area contributed by atoms with Gasteiger partial charge in [0.2, 0.25) is 0 Å². The van der Waals surface area contributed by atoms with Crippen LogP contribution in [0.15, 0.2) is 95.7 Å². The maximum Gasteiger partial charge on any atom is 0.319 e. The zero-order valence-corrected chi connectivity index (χ0v) is 39.7. The third-order valence-corrected chi connectivity index (χ3v) is 14.4. The van der Waals surface area contributed by atoms with E-state index in [1.54, 1.807) is 41.1 Å². The van der Waals surface area contributed by atoms with Crippen LogP contribution in [0.3, 0.4) is 0 Å². The van der Waals surface area contributed by atoms with Crippen molar-refractivity contribution >= 4 is 67.2 Å². The second kappa shape index (κ2) is 19.9. The number of benzene rings is 4. The first-order valence-electron chi connectivity index (χ1n) is 22.5. The molecule has 2 saturated heterocycles. The average Bonchev–Trinajstić information content (AvgIpc) is 3.81. The van der Waals surface area contributed by atoms with Gasteiger partial charge in [-0.3, -0.25) is 19.8 Å². The van der Waals surface area contributed by atoms with E-state index in [1.165, 1.54) is 41.2 Å². The first-order chi connectivity index (χ1) is 32.1. The molecule has 0 bridgehead atoms. The van der Waals surface area contributed by atoms with Crippen molar-refractivity contribution in [3.63, 3.8) is 0 Å². The van der Waals surface area contributed by atoms with Gasteiger partial charge in [0.05, 0.1) is 46.5 Å². The van der Waals surface area contributed by atoms with Gasteiger partial charge in [0, 0.05) is 82.2 Å². The molecule has 1 unspecified atom stereocenters. The molecule has 4 aromatic carbocycles. The van der Waals surface area contributed by atoms with Crippen LogP contribution in [0, 0.1) is 15.5 Å². The number of rotatable bonds is 14. The number of amides is 3. The number of imidazole rings is 1. The predicted molar refractivity (Wildman–Crippen MR) is 259 cm³/mol. The molecule has 0 radical (unpaired) electrons. The summed E-state index contributed by atoms with van der Waals surface area (Å²) in [6, 6.07) is 21.7. The molecule has 3 aliphatic rings. The normalized spacial score (nSPS) is 17.9. The number of ether oxygens (including phenoxy) is 2. The zero-order valence-electron chi connectivity index (χ0n) is 38.1. The Kier molecular flexibility index (Phi) is 14.1. The van der Waals surface area contributed by atoms with Gasteiger partial charge in [0.15, 0.2) is 5.75 Å². The van der Waals surface area contributed by atoms with Crippen LogP contribution in [0.25, 0.3) is 16.6 Å². The van der Waals surface area contributed by atoms with Gasteiger partial charge in [-0.2, -0.15) is 0 Å². The van der Waals surface area contributed by atoms with Crippen LogP contribution < -0.4 is 19.7 Å². The Morgan fingerprint density at radius 1 is 1.03 bits per heavy atom. The highest BCUT2D eigenvalue weighted by Gasteiger charge is 2.31. The summed E-state index contributed by atoms with van der Waals surface area (Å²) in [5.74, 6) is -0.543. The summed E-state index contributed by atoms with van der Waals surface area (Å²) in [7, 11) is -2.94. The highest BCUT2D eigenvalue weighted by molar-refractivity contribution is 7.90. The number of nitrogens with zero attached hydrogens (tertiary/aromatic N) is 6. The Hall–Kier alpha value is -6.21. The summed E-state index contributed by atoms with van der Waals surface area (Å²) in [5, 5.41) is 16.0. The number of hydrogen-bond acceptors (Lipinski definition) is 12. The average molecular weight is 955 g/mol. The molecule has 0 saturated carbocycles. The number of para-hydroxylation sites is 1. The molecule has 67 heavy (non-hydrogen) atoms. The van der Waals surface area contributed by atoms with E-state index in [-0.39, 0.29) is 41.5 Å². The molecule has 17 nitrogen and oxygen atoms in total. The number of aromatic nitrogens is 2. The highest BCUT2D eigenvalue weighted by atomic mass is 35.5. The van der Waals surface area contributed by atoms with E-state index in [1.807, 2.05) is 25.1 Å². The molecule has 3 N–H and O–H groups in total. The number of aromatic amines is 1. The van der Waals surface area contributed by atoms with E-state index < -0.39 is 37.5 Å². The smallest absolute Gasteiger partial charge is 0.319 e. The summed E-state index contributed by atoms with van der Waals surface area (Å²) in [6.45, 7) is 12.0. The van der Waals surface area contributed by atoms with Gasteiger partial charge in [0.1, 0.15) is 17.0 Å². The number of fused-ring (bicyclic) bond motifs is 1. The van der Waals surface area contributed by atoms with E-state index in [2.05, 4.69) is 55.8 Å². The van der Waals surface area contributed by atoms with Crippen LogP contribution in [-0.2, 0) is 14.8 Å². The number of allylic oxidation sites excluding steroid dienone is 1. The Bertz CT molecular complexity index is 2790. The lowest BCUT2D eigenvalue weighted by Gasteiger charge is -2.39. The molecule has 1 aromatic heterocycles. The van der Waals surface area contributed by atoms with Crippen molar-refractivity contribution in [3.05, 3.63) is 117 Å². The Balaban J connectivity index is 0.986. The summed E-state index contributed by atoms with van der Waals surface area (Å²) >= 11 is 6.25. The molecule has 3 amide bonds. The molecule has 354 valence electrons. The second-order valence-corrected chi connectivity index (χ2v) is 20.1. The molecule has 2 fully saturated rings. The highest BCUT2D eigenvalue weighted by Crippen LogP contribution is 2.43. The standard InChI is InChI=1S/C48H56ClN9O8S/c1-5-54(4)47(60)57-23-24-65-36(30-57)28-50-40-16-14-37(26-42(40)58(61)62)67(63,64)53-46(59)38-15-13-35(25-44(38)66-43-8-6-7-41-45(43)52-31-51-41)56-21-19-55(20-22-56)29-33-17-18-48(2,3)27-39(33)32-9-11-34(49)12-10-32/h6-16,25-26,31,36,50H,5,17-24,27-30H2,1-4H3,(H,51,52)(H,53,59). The van der Waals surface area contributed by atoms with Crippen LogP contribution in [-0.4, -0.2) is 129 Å². The molecule has 2 aliphatic heterocycles. The number of urea groups is 1. The molecule has 1 atom stereocenters. The van der Waals surface area contributed by atoms with E-state index in [9.17, 15) is 28.1 Å². The summed E-state index contributed by atoms with van der Waals surface area (Å²) in [6.07, 6.45) is 4.22. The second-order valence-electron chi connectivity index (χ2n) is 18.0. The molecular formula is C48H56ClN9O8S. The predicted octanol–water partition coefficient (Wildman–Crippen LogP) is 8.01. The van der Waals surface area contributed by atoms with Gasteiger partial charge in [-0.1, -0.05) is 49.2 Å². The maximum absolute atomic E-state index is 14.0. The van der Waals surface area contributed by atoms with Gasteiger partial charge >= 0.3 is 6.03 Å². The molecule has 8 rings (SSSR count). The van der Waals surface area contributed by atoms with E-state index in [0.29, 0.717) is 49.6 Å². The van der Waals surface area contributed by atoms with Crippen molar-refractivity contribution in [3.8, 4) is 11.5 Å². The lowest BCUT2D eigenvalue weighted by Crippen LogP contribution is -2.51. The fourth-order valence-electron chi connectivity index (χ4n) is 8.85. The number of carbonyl (C=O) groups is 2. The quantitative estimate of drug-likeness (QED) is 0.0718. The van der Waals surface area contributed by atoms with Crippen molar-refractivity contribution in [2.24, 2.45) is 5.41 Å². The van der Waals surface area contributed by atoms with Crippen LogP contribution in [0.5, 0.6) is 11.5 Å². The number of morpholine rings is 1. The fraction of sp³-hybridized carbons (Fsp3) is 0.396. The number of H-pyrrole nitrogens is 1. The Morgan fingerprint density at radius 3 is 2.55 bits per heavy atom. The molecule has 0 spiro atoms.